The van der Waals surface area contributed by atoms with E-state index in [0.717, 1.165) is 12.1 Å². The van der Waals surface area contributed by atoms with Gasteiger partial charge in [-0.1, -0.05) is 29.8 Å². The van der Waals surface area contributed by atoms with Gasteiger partial charge in [0.15, 0.2) is 0 Å². The Morgan fingerprint density at radius 1 is 1.20 bits per heavy atom. The number of aromatic nitrogens is 2. The Bertz CT molecular complexity index is 1210. The molecule has 0 saturated carbocycles. The lowest BCUT2D eigenvalue weighted by atomic mass is 10.0. The summed E-state index contributed by atoms with van der Waals surface area (Å²) in [5.41, 5.74) is -1.01. The number of anilines is 1. The molecule has 0 aliphatic rings. The summed E-state index contributed by atoms with van der Waals surface area (Å²) in [6.45, 7) is 0. The van der Waals surface area contributed by atoms with Crippen molar-refractivity contribution in [2.24, 2.45) is 5.14 Å². The standard InChI is InChI=1S/C18H14ClF3N4O3S/c19-12-9-24-26(10-12)15-6-5-13(8-16(15)30(23,28)29)25-17(27)7-11-3-1-2-4-14(11)18(20,21)22/h1-6,8-10H,7H2,(H,25,27)(H2,23,28,29). The van der Waals surface area contributed by atoms with E-state index in [0.29, 0.717) is 0 Å². The van der Waals surface area contributed by atoms with E-state index in [2.05, 4.69) is 10.4 Å². The number of nitrogens with two attached hydrogens (primary N) is 1. The Labute approximate surface area is 174 Å². The largest absolute Gasteiger partial charge is 0.416 e. The van der Waals surface area contributed by atoms with E-state index < -0.39 is 34.1 Å². The summed E-state index contributed by atoms with van der Waals surface area (Å²) < 4.78 is 64.4. The molecule has 0 unspecified atom stereocenters. The third-order valence-electron chi connectivity index (χ3n) is 4.02. The van der Waals surface area contributed by atoms with Crippen molar-refractivity contribution in [3.63, 3.8) is 0 Å². The minimum absolute atomic E-state index is 0.0375. The number of benzene rings is 2. The molecule has 0 radical (unpaired) electrons. The van der Waals surface area contributed by atoms with E-state index in [4.69, 9.17) is 16.7 Å². The van der Waals surface area contributed by atoms with E-state index >= 15 is 0 Å². The summed E-state index contributed by atoms with van der Waals surface area (Å²) in [6, 6.07) is 8.49. The maximum Gasteiger partial charge on any atom is 0.416 e. The van der Waals surface area contributed by atoms with Gasteiger partial charge in [0, 0.05) is 11.9 Å². The molecular weight excluding hydrogens is 445 g/mol. The first kappa shape index (κ1) is 21.8. The number of carbonyl (C=O) groups excluding carboxylic acids is 1. The summed E-state index contributed by atoms with van der Waals surface area (Å²) in [7, 11) is -4.22. The molecule has 0 spiro atoms. The Balaban J connectivity index is 1.88. The molecular formula is C18H14ClF3N4O3S. The zero-order valence-electron chi connectivity index (χ0n) is 15.0. The summed E-state index contributed by atoms with van der Waals surface area (Å²) >= 11 is 5.80. The van der Waals surface area contributed by atoms with Gasteiger partial charge >= 0.3 is 6.18 Å². The van der Waals surface area contributed by atoms with Gasteiger partial charge in [-0.2, -0.15) is 18.3 Å². The fourth-order valence-electron chi connectivity index (χ4n) is 2.77. The van der Waals surface area contributed by atoms with Crippen LogP contribution < -0.4 is 10.5 Å². The number of rotatable bonds is 5. The molecule has 3 N–H and O–H groups in total. The second kappa shape index (κ2) is 8.09. The van der Waals surface area contributed by atoms with Gasteiger partial charge < -0.3 is 5.32 Å². The minimum atomic E-state index is -4.61. The number of sulfonamides is 1. The molecule has 158 valence electrons. The van der Waals surface area contributed by atoms with Gasteiger partial charge in [-0.25, -0.2) is 18.2 Å². The number of hydrogen-bond donors (Lipinski definition) is 2. The van der Waals surface area contributed by atoms with Crippen molar-refractivity contribution in [3.05, 3.63) is 71.0 Å². The summed E-state index contributed by atoms with van der Waals surface area (Å²) in [6.07, 6.45) is -2.51. The molecule has 1 amide bonds. The van der Waals surface area contributed by atoms with Crippen LogP contribution in [0.25, 0.3) is 5.69 Å². The molecule has 30 heavy (non-hydrogen) atoms. The maximum absolute atomic E-state index is 13.1. The molecule has 2 aromatic carbocycles. The zero-order valence-corrected chi connectivity index (χ0v) is 16.6. The summed E-state index contributed by atoms with van der Waals surface area (Å²) in [4.78, 5) is 11.9. The average molecular weight is 459 g/mol. The second-order valence-corrected chi connectivity index (χ2v) is 8.18. The lowest BCUT2D eigenvalue weighted by Crippen LogP contribution is -2.19. The highest BCUT2D eigenvalue weighted by molar-refractivity contribution is 7.89. The predicted molar refractivity (Wildman–Crippen MR) is 104 cm³/mol. The molecule has 12 heteroatoms. The molecule has 1 heterocycles. The zero-order chi connectivity index (χ0) is 22.1. The number of alkyl halides is 3. The Morgan fingerprint density at radius 3 is 2.50 bits per heavy atom. The van der Waals surface area contributed by atoms with Crippen LogP contribution in [0.5, 0.6) is 0 Å². The normalized spacial score (nSPS) is 12.0. The number of halogens is 4. The van der Waals surface area contributed by atoms with E-state index in [-0.39, 0.29) is 26.9 Å². The number of nitrogens with zero attached hydrogens (tertiary/aromatic N) is 2. The fraction of sp³-hybridized carbons (Fsp3) is 0.111. The van der Waals surface area contributed by atoms with Crippen LogP contribution in [0.3, 0.4) is 0 Å². The van der Waals surface area contributed by atoms with Crippen molar-refractivity contribution in [2.75, 3.05) is 5.32 Å². The molecule has 0 aliphatic carbocycles. The smallest absolute Gasteiger partial charge is 0.326 e. The SMILES string of the molecule is NS(=O)(=O)c1cc(NC(=O)Cc2ccccc2C(F)(F)F)ccc1-n1cc(Cl)cn1. The van der Waals surface area contributed by atoms with Crippen LogP contribution in [0.2, 0.25) is 5.02 Å². The van der Waals surface area contributed by atoms with Crippen molar-refractivity contribution in [2.45, 2.75) is 17.5 Å². The van der Waals surface area contributed by atoms with Crippen molar-refractivity contribution >= 4 is 33.2 Å². The van der Waals surface area contributed by atoms with Crippen molar-refractivity contribution in [1.82, 2.24) is 9.78 Å². The van der Waals surface area contributed by atoms with Gasteiger partial charge in [0.2, 0.25) is 15.9 Å². The van der Waals surface area contributed by atoms with Crippen molar-refractivity contribution in [3.8, 4) is 5.69 Å². The third-order valence-corrected chi connectivity index (χ3v) is 5.16. The first-order chi connectivity index (χ1) is 13.9. The monoisotopic (exact) mass is 458 g/mol. The van der Waals surface area contributed by atoms with Gasteiger partial charge in [0.05, 0.1) is 28.9 Å². The fourth-order valence-corrected chi connectivity index (χ4v) is 3.65. The number of hydrogen-bond acceptors (Lipinski definition) is 4. The average Bonchev–Trinajstić information content (AvgIpc) is 3.06. The first-order valence-corrected chi connectivity index (χ1v) is 10.2. The van der Waals surface area contributed by atoms with E-state index in [1.807, 2.05) is 0 Å². The highest BCUT2D eigenvalue weighted by atomic mass is 35.5. The molecule has 0 aliphatic heterocycles. The number of primary sulfonamides is 1. The van der Waals surface area contributed by atoms with Gasteiger partial charge in [-0.15, -0.1) is 0 Å². The summed E-state index contributed by atoms with van der Waals surface area (Å²) in [5, 5.41) is 11.8. The van der Waals surface area contributed by atoms with E-state index in [1.54, 1.807) is 0 Å². The molecule has 1 aromatic heterocycles. The molecule has 0 fully saturated rings. The van der Waals surface area contributed by atoms with Gasteiger partial charge in [-0.3, -0.25) is 4.79 Å². The van der Waals surface area contributed by atoms with Crippen LogP contribution in [-0.2, 0) is 27.4 Å². The van der Waals surface area contributed by atoms with Crippen LogP contribution >= 0.6 is 11.6 Å². The lowest BCUT2D eigenvalue weighted by molar-refractivity contribution is -0.138. The molecule has 3 aromatic rings. The van der Waals surface area contributed by atoms with Crippen LogP contribution in [0, 0.1) is 0 Å². The van der Waals surface area contributed by atoms with Crippen LogP contribution in [0.15, 0.2) is 59.8 Å². The first-order valence-electron chi connectivity index (χ1n) is 8.27. The van der Waals surface area contributed by atoms with E-state index in [9.17, 15) is 26.4 Å². The topological polar surface area (TPSA) is 107 Å². The maximum atomic E-state index is 13.1. The molecule has 0 bridgehead atoms. The van der Waals surface area contributed by atoms with Crippen molar-refractivity contribution in [1.29, 1.82) is 0 Å². The van der Waals surface area contributed by atoms with Crippen LogP contribution in [-0.4, -0.2) is 24.1 Å². The van der Waals surface area contributed by atoms with Gasteiger partial charge in [-0.05, 0) is 29.8 Å². The van der Waals surface area contributed by atoms with Gasteiger partial charge in [0.1, 0.15) is 4.90 Å². The highest BCUT2D eigenvalue weighted by Crippen LogP contribution is 2.32. The number of amides is 1. The Hall–Kier alpha value is -2.89. The third kappa shape index (κ3) is 4.99. The number of nitrogens with one attached hydrogen (secondary N) is 1. The lowest BCUT2D eigenvalue weighted by Gasteiger charge is -2.14. The second-order valence-electron chi connectivity index (χ2n) is 6.21. The minimum Gasteiger partial charge on any atom is -0.326 e. The van der Waals surface area contributed by atoms with Crippen molar-refractivity contribution < 1.29 is 26.4 Å². The highest BCUT2D eigenvalue weighted by Gasteiger charge is 2.33. The molecule has 3 rings (SSSR count). The van der Waals surface area contributed by atoms with E-state index in [1.165, 1.54) is 47.4 Å². The van der Waals surface area contributed by atoms with Gasteiger partial charge in [0.25, 0.3) is 0 Å². The van der Waals surface area contributed by atoms with Crippen LogP contribution in [0.1, 0.15) is 11.1 Å². The molecule has 0 saturated heterocycles. The molecule has 0 atom stereocenters. The number of carbonyl (C=O) groups is 1. The Morgan fingerprint density at radius 2 is 1.90 bits per heavy atom. The van der Waals surface area contributed by atoms with Crippen LogP contribution in [0.4, 0.5) is 18.9 Å². The summed E-state index contributed by atoms with van der Waals surface area (Å²) in [5.74, 6) is -0.762. The quantitative estimate of drug-likeness (QED) is 0.611. The predicted octanol–water partition coefficient (Wildman–Crippen LogP) is 3.37. The Kier molecular flexibility index (Phi) is 5.88. The molecule has 7 nitrogen and oxygen atoms in total.